The van der Waals surface area contributed by atoms with Crippen LogP contribution in [0, 0.1) is 11.3 Å². The molecule has 0 aromatic carbocycles. The molecule has 0 aromatic rings. The fraction of sp³-hybridized carbons (Fsp3) is 0.929. The molecule has 2 rings (SSSR count). The SMILES string of the molecule is CCC(C)(C)CCN1C2CCC1C(C(=O)O)C2. The second-order valence-corrected chi connectivity index (χ2v) is 6.48. The third kappa shape index (κ3) is 2.49. The minimum atomic E-state index is -0.586. The first-order chi connectivity index (χ1) is 7.94. The molecule has 0 spiro atoms. The van der Waals surface area contributed by atoms with Gasteiger partial charge in [0, 0.05) is 12.1 Å². The van der Waals surface area contributed by atoms with E-state index in [0.717, 1.165) is 19.4 Å². The Bertz CT molecular complexity index is 301. The number of hydrogen-bond acceptors (Lipinski definition) is 2. The molecule has 2 heterocycles. The van der Waals surface area contributed by atoms with Gasteiger partial charge in [-0.1, -0.05) is 27.2 Å². The molecule has 17 heavy (non-hydrogen) atoms. The van der Waals surface area contributed by atoms with E-state index in [0.29, 0.717) is 17.5 Å². The van der Waals surface area contributed by atoms with E-state index in [2.05, 4.69) is 25.7 Å². The third-order valence-electron chi connectivity index (χ3n) is 5.00. The predicted octanol–water partition coefficient (Wildman–Crippen LogP) is 2.75. The first kappa shape index (κ1) is 12.9. The highest BCUT2D eigenvalue weighted by atomic mass is 16.4. The Kier molecular flexibility index (Phi) is 3.48. The molecule has 2 aliphatic rings. The van der Waals surface area contributed by atoms with Gasteiger partial charge < -0.3 is 5.11 Å². The molecular weight excluding hydrogens is 214 g/mol. The highest BCUT2D eigenvalue weighted by Gasteiger charge is 2.48. The average Bonchev–Trinajstić information content (AvgIpc) is 2.83. The van der Waals surface area contributed by atoms with Crippen molar-refractivity contribution in [3.05, 3.63) is 0 Å². The number of aliphatic carboxylic acids is 1. The number of rotatable bonds is 5. The van der Waals surface area contributed by atoms with Gasteiger partial charge in [0.2, 0.25) is 0 Å². The summed E-state index contributed by atoms with van der Waals surface area (Å²) in [6, 6.07) is 0.874. The maximum Gasteiger partial charge on any atom is 0.308 e. The first-order valence-corrected chi connectivity index (χ1v) is 6.93. The molecule has 0 amide bonds. The molecule has 2 saturated heterocycles. The Morgan fingerprint density at radius 2 is 2.12 bits per heavy atom. The van der Waals surface area contributed by atoms with E-state index in [1.54, 1.807) is 0 Å². The molecule has 0 aliphatic carbocycles. The summed E-state index contributed by atoms with van der Waals surface area (Å²) < 4.78 is 0. The Balaban J connectivity index is 1.93. The molecule has 3 atom stereocenters. The van der Waals surface area contributed by atoms with E-state index in [1.165, 1.54) is 19.3 Å². The smallest absolute Gasteiger partial charge is 0.308 e. The number of carboxylic acid groups (broad SMARTS) is 1. The maximum absolute atomic E-state index is 11.2. The number of carbonyl (C=O) groups is 1. The normalized spacial score (nSPS) is 33.2. The Morgan fingerprint density at radius 3 is 2.65 bits per heavy atom. The molecule has 3 unspecified atom stereocenters. The van der Waals surface area contributed by atoms with Gasteiger partial charge >= 0.3 is 5.97 Å². The van der Waals surface area contributed by atoms with Gasteiger partial charge in [0.25, 0.3) is 0 Å². The topological polar surface area (TPSA) is 40.5 Å². The summed E-state index contributed by atoms with van der Waals surface area (Å²) in [7, 11) is 0. The van der Waals surface area contributed by atoms with E-state index >= 15 is 0 Å². The van der Waals surface area contributed by atoms with Gasteiger partial charge in [0.1, 0.15) is 0 Å². The second-order valence-electron chi connectivity index (χ2n) is 6.48. The van der Waals surface area contributed by atoms with Gasteiger partial charge in [0.05, 0.1) is 5.92 Å². The lowest BCUT2D eigenvalue weighted by atomic mass is 9.86. The lowest BCUT2D eigenvalue weighted by molar-refractivity contribution is -0.142. The highest BCUT2D eigenvalue weighted by molar-refractivity contribution is 5.71. The predicted molar refractivity (Wildman–Crippen MR) is 67.9 cm³/mol. The number of nitrogens with zero attached hydrogens (tertiary/aromatic N) is 1. The van der Waals surface area contributed by atoms with Crippen molar-refractivity contribution in [2.24, 2.45) is 11.3 Å². The fourth-order valence-electron chi connectivity index (χ4n) is 3.32. The van der Waals surface area contributed by atoms with Crippen molar-refractivity contribution in [2.45, 2.75) is 65.0 Å². The third-order valence-corrected chi connectivity index (χ3v) is 5.00. The molecule has 2 aliphatic heterocycles. The van der Waals surface area contributed by atoms with Gasteiger partial charge in [-0.15, -0.1) is 0 Å². The summed E-state index contributed by atoms with van der Waals surface area (Å²) in [6.45, 7) is 7.93. The fourth-order valence-corrected chi connectivity index (χ4v) is 3.32. The van der Waals surface area contributed by atoms with Gasteiger partial charge in [-0.2, -0.15) is 0 Å². The summed E-state index contributed by atoms with van der Waals surface area (Å²) >= 11 is 0. The standard InChI is InChI=1S/C14H25NO2/c1-4-14(2,3)7-8-15-10-5-6-12(15)11(9-10)13(16)17/h10-12H,4-9H2,1-3H3,(H,16,17). The van der Waals surface area contributed by atoms with E-state index in [1.807, 2.05) is 0 Å². The van der Waals surface area contributed by atoms with Crippen molar-refractivity contribution in [1.82, 2.24) is 4.90 Å². The lowest BCUT2D eigenvalue weighted by Gasteiger charge is -2.29. The largest absolute Gasteiger partial charge is 0.481 e. The van der Waals surface area contributed by atoms with Crippen molar-refractivity contribution in [3.8, 4) is 0 Å². The van der Waals surface area contributed by atoms with Crippen LogP contribution in [-0.4, -0.2) is 34.6 Å². The van der Waals surface area contributed by atoms with Crippen LogP contribution in [0.15, 0.2) is 0 Å². The zero-order valence-corrected chi connectivity index (χ0v) is 11.3. The molecule has 2 bridgehead atoms. The van der Waals surface area contributed by atoms with Crippen molar-refractivity contribution in [2.75, 3.05) is 6.54 Å². The Labute approximate surface area is 104 Å². The van der Waals surface area contributed by atoms with Gasteiger partial charge in [-0.25, -0.2) is 0 Å². The molecule has 3 heteroatoms. The molecule has 1 N–H and O–H groups in total. The first-order valence-electron chi connectivity index (χ1n) is 6.93. The zero-order chi connectivity index (χ0) is 12.6. The molecule has 2 fully saturated rings. The monoisotopic (exact) mass is 239 g/mol. The minimum Gasteiger partial charge on any atom is -0.481 e. The van der Waals surface area contributed by atoms with Crippen molar-refractivity contribution in [1.29, 1.82) is 0 Å². The average molecular weight is 239 g/mol. The van der Waals surface area contributed by atoms with Crippen molar-refractivity contribution < 1.29 is 9.90 Å². The molecule has 3 nitrogen and oxygen atoms in total. The molecule has 98 valence electrons. The van der Waals surface area contributed by atoms with E-state index in [4.69, 9.17) is 0 Å². The second kappa shape index (κ2) is 4.60. The summed E-state index contributed by atoms with van der Waals surface area (Å²) in [4.78, 5) is 13.6. The number of hydrogen-bond donors (Lipinski definition) is 1. The molecule has 0 saturated carbocycles. The number of carboxylic acids is 1. The molecular formula is C14H25NO2. The molecule has 0 radical (unpaired) electrons. The quantitative estimate of drug-likeness (QED) is 0.802. The van der Waals surface area contributed by atoms with Crippen LogP contribution in [0.3, 0.4) is 0 Å². The van der Waals surface area contributed by atoms with Crippen LogP contribution in [0.2, 0.25) is 0 Å². The summed E-state index contributed by atoms with van der Waals surface area (Å²) in [5.74, 6) is -0.685. The zero-order valence-electron chi connectivity index (χ0n) is 11.3. The van der Waals surface area contributed by atoms with E-state index in [-0.39, 0.29) is 5.92 Å². The van der Waals surface area contributed by atoms with Crippen LogP contribution in [0.5, 0.6) is 0 Å². The van der Waals surface area contributed by atoms with Gasteiger partial charge in [-0.3, -0.25) is 9.69 Å². The van der Waals surface area contributed by atoms with E-state index < -0.39 is 5.97 Å². The van der Waals surface area contributed by atoms with Crippen LogP contribution in [-0.2, 0) is 4.79 Å². The van der Waals surface area contributed by atoms with Crippen molar-refractivity contribution in [3.63, 3.8) is 0 Å². The highest BCUT2D eigenvalue weighted by Crippen LogP contribution is 2.42. The van der Waals surface area contributed by atoms with Crippen molar-refractivity contribution >= 4 is 5.97 Å². The van der Waals surface area contributed by atoms with E-state index in [9.17, 15) is 9.90 Å². The Morgan fingerprint density at radius 1 is 1.41 bits per heavy atom. The van der Waals surface area contributed by atoms with Crippen LogP contribution in [0.4, 0.5) is 0 Å². The molecule has 0 aromatic heterocycles. The summed E-state index contributed by atoms with van der Waals surface area (Å²) in [5, 5.41) is 9.20. The van der Waals surface area contributed by atoms with Gasteiger partial charge in [-0.05, 0) is 37.6 Å². The minimum absolute atomic E-state index is 0.0986. The van der Waals surface area contributed by atoms with Gasteiger partial charge in [0.15, 0.2) is 0 Å². The lowest BCUT2D eigenvalue weighted by Crippen LogP contribution is -2.35. The van der Waals surface area contributed by atoms with Crippen LogP contribution in [0.1, 0.15) is 52.9 Å². The van der Waals surface area contributed by atoms with Crippen LogP contribution < -0.4 is 0 Å². The maximum atomic E-state index is 11.2. The number of fused-ring (bicyclic) bond motifs is 2. The summed E-state index contributed by atoms with van der Waals surface area (Å²) in [6.07, 6.45) is 5.56. The van der Waals surface area contributed by atoms with Crippen LogP contribution in [0.25, 0.3) is 0 Å². The summed E-state index contributed by atoms with van der Waals surface area (Å²) in [5.41, 5.74) is 0.390. The van der Waals surface area contributed by atoms with Crippen LogP contribution >= 0.6 is 0 Å². The Hall–Kier alpha value is -0.570.